The SMILES string of the molecule is N#CCCN(C(=O)CSc1nnc(NCc2ccco2)s1)c1ccccc1. The average molecular weight is 400 g/mol. The number of amides is 1. The zero-order valence-corrected chi connectivity index (χ0v) is 16.0. The number of nitrogens with zero attached hydrogens (tertiary/aromatic N) is 4. The van der Waals surface area contributed by atoms with Gasteiger partial charge in [0.2, 0.25) is 11.0 Å². The number of carbonyl (C=O) groups is 1. The Morgan fingerprint density at radius 3 is 2.85 bits per heavy atom. The summed E-state index contributed by atoms with van der Waals surface area (Å²) in [6.07, 6.45) is 1.90. The van der Waals surface area contributed by atoms with Gasteiger partial charge in [0.1, 0.15) is 5.76 Å². The Bertz CT molecular complexity index is 890. The smallest absolute Gasteiger partial charge is 0.237 e. The monoisotopic (exact) mass is 399 g/mol. The van der Waals surface area contributed by atoms with E-state index >= 15 is 0 Å². The van der Waals surface area contributed by atoms with Gasteiger partial charge < -0.3 is 14.6 Å². The molecule has 9 heteroatoms. The van der Waals surface area contributed by atoms with E-state index < -0.39 is 0 Å². The van der Waals surface area contributed by atoms with Gasteiger partial charge in [-0.2, -0.15) is 5.26 Å². The van der Waals surface area contributed by atoms with Gasteiger partial charge in [-0.05, 0) is 24.3 Å². The molecule has 2 heterocycles. The molecule has 0 aliphatic carbocycles. The summed E-state index contributed by atoms with van der Waals surface area (Å²) in [5, 5.41) is 20.8. The third-order valence-corrected chi connectivity index (χ3v) is 5.53. The number of aromatic nitrogens is 2. The van der Waals surface area contributed by atoms with E-state index in [0.717, 1.165) is 11.4 Å². The maximum atomic E-state index is 12.6. The number of hydrogen-bond acceptors (Lipinski definition) is 8. The number of carbonyl (C=O) groups excluding carboxylic acids is 1. The van der Waals surface area contributed by atoms with E-state index in [9.17, 15) is 4.79 Å². The molecule has 0 radical (unpaired) electrons. The fourth-order valence-electron chi connectivity index (χ4n) is 2.28. The molecule has 0 bridgehead atoms. The molecule has 0 spiro atoms. The lowest BCUT2D eigenvalue weighted by Crippen LogP contribution is -2.33. The highest BCUT2D eigenvalue weighted by Crippen LogP contribution is 2.26. The standard InChI is InChI=1S/C18H17N5O2S2/c19-9-5-10-23(14-6-2-1-3-7-14)16(24)13-26-18-22-21-17(27-18)20-12-15-8-4-11-25-15/h1-4,6-8,11H,5,10,12-13H2,(H,20,21). The van der Waals surface area contributed by atoms with Gasteiger partial charge in [0.05, 0.1) is 31.1 Å². The molecule has 7 nitrogen and oxygen atoms in total. The molecule has 1 aromatic carbocycles. The van der Waals surface area contributed by atoms with Crippen LogP contribution in [0.15, 0.2) is 57.5 Å². The Morgan fingerprint density at radius 1 is 1.26 bits per heavy atom. The van der Waals surface area contributed by atoms with Crippen molar-refractivity contribution in [1.82, 2.24) is 10.2 Å². The number of nitrogens with one attached hydrogen (secondary N) is 1. The summed E-state index contributed by atoms with van der Waals surface area (Å²) in [6, 6.07) is 15.2. The molecule has 2 aromatic heterocycles. The van der Waals surface area contributed by atoms with Crippen molar-refractivity contribution < 1.29 is 9.21 Å². The second kappa shape index (κ2) is 9.75. The molecule has 0 aliphatic heterocycles. The van der Waals surface area contributed by atoms with Crippen LogP contribution < -0.4 is 10.2 Å². The lowest BCUT2D eigenvalue weighted by molar-refractivity contribution is -0.116. The molecule has 3 rings (SSSR count). The van der Waals surface area contributed by atoms with Gasteiger partial charge in [-0.1, -0.05) is 41.3 Å². The van der Waals surface area contributed by atoms with E-state index in [-0.39, 0.29) is 18.1 Å². The molecule has 0 fully saturated rings. The predicted octanol–water partition coefficient (Wildman–Crippen LogP) is 3.78. The van der Waals surface area contributed by atoms with Crippen LogP contribution in [0.2, 0.25) is 0 Å². The first-order chi connectivity index (χ1) is 13.3. The van der Waals surface area contributed by atoms with Gasteiger partial charge in [-0.25, -0.2) is 0 Å². The normalized spacial score (nSPS) is 10.3. The topological polar surface area (TPSA) is 95.0 Å². The summed E-state index contributed by atoms with van der Waals surface area (Å²) in [5.41, 5.74) is 0.788. The number of anilines is 2. The van der Waals surface area contributed by atoms with Crippen LogP contribution in [0.1, 0.15) is 12.2 Å². The summed E-state index contributed by atoms with van der Waals surface area (Å²) in [6.45, 7) is 0.896. The van der Waals surface area contributed by atoms with Crippen LogP contribution in [0.3, 0.4) is 0 Å². The minimum Gasteiger partial charge on any atom is -0.467 e. The van der Waals surface area contributed by atoms with Gasteiger partial charge in [0.15, 0.2) is 4.34 Å². The van der Waals surface area contributed by atoms with Crippen molar-refractivity contribution in [2.45, 2.75) is 17.3 Å². The summed E-state index contributed by atoms with van der Waals surface area (Å²) in [5.74, 6) is 0.972. The quantitative estimate of drug-likeness (QED) is 0.547. The molecule has 0 saturated carbocycles. The molecular formula is C18H17N5O2S2. The van der Waals surface area contributed by atoms with Crippen LogP contribution >= 0.6 is 23.1 Å². The molecular weight excluding hydrogens is 382 g/mol. The summed E-state index contributed by atoms with van der Waals surface area (Å²) >= 11 is 2.72. The Kier molecular flexibility index (Phi) is 6.84. The predicted molar refractivity (Wildman–Crippen MR) is 106 cm³/mol. The number of hydrogen-bond donors (Lipinski definition) is 1. The summed E-state index contributed by atoms with van der Waals surface area (Å²) < 4.78 is 5.96. The second-order valence-electron chi connectivity index (χ2n) is 5.38. The van der Waals surface area contributed by atoms with Gasteiger partial charge in [0, 0.05) is 12.2 Å². The second-order valence-corrected chi connectivity index (χ2v) is 7.58. The Morgan fingerprint density at radius 2 is 2.11 bits per heavy atom. The van der Waals surface area contributed by atoms with Crippen LogP contribution in [-0.2, 0) is 11.3 Å². The third-order valence-electron chi connectivity index (χ3n) is 3.54. The van der Waals surface area contributed by atoms with Crippen LogP contribution in [0.25, 0.3) is 0 Å². The first kappa shape index (κ1) is 18.9. The van der Waals surface area contributed by atoms with Crippen molar-refractivity contribution >= 4 is 39.8 Å². The minimum absolute atomic E-state index is 0.0678. The van der Waals surface area contributed by atoms with E-state index in [1.54, 1.807) is 11.2 Å². The van der Waals surface area contributed by atoms with Crippen molar-refractivity contribution in [1.29, 1.82) is 5.26 Å². The zero-order chi connectivity index (χ0) is 18.9. The first-order valence-corrected chi connectivity index (χ1v) is 10.0. The number of furan rings is 1. The Hall–Kier alpha value is -2.83. The number of benzene rings is 1. The minimum atomic E-state index is -0.0678. The molecule has 27 heavy (non-hydrogen) atoms. The van der Waals surface area contributed by atoms with Gasteiger partial charge in [-0.15, -0.1) is 10.2 Å². The first-order valence-electron chi connectivity index (χ1n) is 8.21. The fourth-order valence-corrected chi connectivity index (χ4v) is 3.91. The molecule has 0 atom stereocenters. The van der Waals surface area contributed by atoms with E-state index in [1.807, 2.05) is 42.5 Å². The highest BCUT2D eigenvalue weighted by Gasteiger charge is 2.17. The van der Waals surface area contributed by atoms with E-state index in [1.165, 1.54) is 23.1 Å². The largest absolute Gasteiger partial charge is 0.467 e. The number of nitriles is 1. The summed E-state index contributed by atoms with van der Waals surface area (Å²) in [7, 11) is 0. The van der Waals surface area contributed by atoms with Crippen molar-refractivity contribution in [3.63, 3.8) is 0 Å². The zero-order valence-electron chi connectivity index (χ0n) is 14.4. The van der Waals surface area contributed by atoms with Crippen LogP contribution in [0, 0.1) is 11.3 Å². The molecule has 1 amide bonds. The van der Waals surface area contributed by atoms with Crippen LogP contribution in [0.5, 0.6) is 0 Å². The molecule has 138 valence electrons. The van der Waals surface area contributed by atoms with Crippen molar-refractivity contribution in [2.75, 3.05) is 22.5 Å². The molecule has 3 aromatic rings. The molecule has 0 unspecified atom stereocenters. The highest BCUT2D eigenvalue weighted by molar-refractivity contribution is 8.01. The van der Waals surface area contributed by atoms with Crippen molar-refractivity contribution in [2.24, 2.45) is 0 Å². The average Bonchev–Trinajstić information content (AvgIpc) is 3.38. The van der Waals surface area contributed by atoms with Gasteiger partial charge in [-0.3, -0.25) is 4.79 Å². The lowest BCUT2D eigenvalue weighted by atomic mass is 10.2. The van der Waals surface area contributed by atoms with Crippen LogP contribution in [-0.4, -0.2) is 28.4 Å². The highest BCUT2D eigenvalue weighted by atomic mass is 32.2. The van der Waals surface area contributed by atoms with Crippen molar-refractivity contribution in [3.8, 4) is 6.07 Å². The van der Waals surface area contributed by atoms with Gasteiger partial charge >= 0.3 is 0 Å². The van der Waals surface area contributed by atoms with Crippen LogP contribution in [0.4, 0.5) is 10.8 Å². The maximum Gasteiger partial charge on any atom is 0.237 e. The molecule has 0 aliphatic rings. The maximum absolute atomic E-state index is 12.6. The van der Waals surface area contributed by atoms with E-state index in [4.69, 9.17) is 9.68 Å². The lowest BCUT2D eigenvalue weighted by Gasteiger charge is -2.21. The number of thioether (sulfide) groups is 1. The number of rotatable bonds is 9. The fraction of sp³-hybridized carbons (Fsp3) is 0.222. The van der Waals surface area contributed by atoms with Gasteiger partial charge in [0.25, 0.3) is 0 Å². The third kappa shape index (κ3) is 5.57. The Balaban J connectivity index is 1.54. The van der Waals surface area contributed by atoms with E-state index in [2.05, 4.69) is 21.6 Å². The van der Waals surface area contributed by atoms with E-state index in [0.29, 0.717) is 22.6 Å². The molecule has 1 N–H and O–H groups in total. The number of para-hydroxylation sites is 1. The molecule has 0 saturated heterocycles. The Labute approximate surface area is 165 Å². The van der Waals surface area contributed by atoms with Crippen molar-refractivity contribution in [3.05, 3.63) is 54.5 Å². The summed E-state index contributed by atoms with van der Waals surface area (Å²) in [4.78, 5) is 14.3.